The second-order valence-corrected chi connectivity index (χ2v) is 4.59. The van der Waals surface area contributed by atoms with E-state index in [-0.39, 0.29) is 6.04 Å². The van der Waals surface area contributed by atoms with Crippen molar-refractivity contribution < 1.29 is 13.2 Å². The second-order valence-electron chi connectivity index (χ2n) is 4.59. The largest absolute Gasteiger partial charge is 0.416 e. The lowest BCUT2D eigenvalue weighted by Gasteiger charge is -2.10. The van der Waals surface area contributed by atoms with Crippen molar-refractivity contribution in [3.8, 4) is 5.69 Å². The van der Waals surface area contributed by atoms with Crippen LogP contribution in [0.2, 0.25) is 0 Å². The molecule has 0 unspecified atom stereocenters. The standard InChI is InChI=1S/C12H14F3N5/c1-8(2)16-7-11-17-18-19-20(11)10-5-3-9(4-6-10)12(13,14)15/h3-6,8,16H,7H2,1-2H3. The van der Waals surface area contributed by atoms with E-state index in [1.54, 1.807) is 0 Å². The van der Waals surface area contributed by atoms with E-state index in [1.165, 1.54) is 16.8 Å². The third-order valence-electron chi connectivity index (χ3n) is 2.64. The van der Waals surface area contributed by atoms with Crippen molar-refractivity contribution in [1.82, 2.24) is 25.5 Å². The molecule has 0 fully saturated rings. The number of hydrogen-bond donors (Lipinski definition) is 1. The molecule has 0 aliphatic heterocycles. The van der Waals surface area contributed by atoms with Gasteiger partial charge in [-0.15, -0.1) is 5.10 Å². The van der Waals surface area contributed by atoms with Crippen LogP contribution in [0.25, 0.3) is 5.69 Å². The number of tetrazole rings is 1. The number of nitrogens with one attached hydrogen (secondary N) is 1. The summed E-state index contributed by atoms with van der Waals surface area (Å²) in [4.78, 5) is 0. The Hall–Kier alpha value is -1.96. The van der Waals surface area contributed by atoms with Crippen molar-refractivity contribution >= 4 is 0 Å². The minimum Gasteiger partial charge on any atom is -0.308 e. The van der Waals surface area contributed by atoms with E-state index in [4.69, 9.17) is 0 Å². The molecule has 5 nitrogen and oxygen atoms in total. The van der Waals surface area contributed by atoms with Crippen LogP contribution in [0.3, 0.4) is 0 Å². The van der Waals surface area contributed by atoms with Crippen LogP contribution in [0.15, 0.2) is 24.3 Å². The minimum atomic E-state index is -4.35. The molecule has 0 saturated carbocycles. The van der Waals surface area contributed by atoms with Gasteiger partial charge in [0.2, 0.25) is 0 Å². The fourth-order valence-electron chi connectivity index (χ4n) is 1.60. The van der Waals surface area contributed by atoms with Gasteiger partial charge in [0.25, 0.3) is 0 Å². The summed E-state index contributed by atoms with van der Waals surface area (Å²) in [6.07, 6.45) is -4.35. The van der Waals surface area contributed by atoms with Gasteiger partial charge in [0.15, 0.2) is 5.82 Å². The maximum Gasteiger partial charge on any atom is 0.416 e. The zero-order valence-corrected chi connectivity index (χ0v) is 11.0. The molecule has 0 amide bonds. The fourth-order valence-corrected chi connectivity index (χ4v) is 1.60. The van der Waals surface area contributed by atoms with E-state index in [1.807, 2.05) is 13.8 Å². The summed E-state index contributed by atoms with van der Waals surface area (Å²) < 4.78 is 38.9. The van der Waals surface area contributed by atoms with Gasteiger partial charge in [-0.25, -0.2) is 0 Å². The van der Waals surface area contributed by atoms with Crippen molar-refractivity contribution in [3.05, 3.63) is 35.7 Å². The summed E-state index contributed by atoms with van der Waals surface area (Å²) in [6, 6.07) is 4.97. The monoisotopic (exact) mass is 285 g/mol. The summed E-state index contributed by atoms with van der Waals surface area (Å²) in [5, 5.41) is 14.3. The predicted molar refractivity (Wildman–Crippen MR) is 66.1 cm³/mol. The minimum absolute atomic E-state index is 0.257. The summed E-state index contributed by atoms with van der Waals surface area (Å²) >= 11 is 0. The number of rotatable bonds is 4. The van der Waals surface area contributed by atoms with Crippen molar-refractivity contribution in [3.63, 3.8) is 0 Å². The van der Waals surface area contributed by atoms with E-state index in [0.717, 1.165) is 12.1 Å². The van der Waals surface area contributed by atoms with Crippen molar-refractivity contribution in [1.29, 1.82) is 0 Å². The molecule has 2 rings (SSSR count). The molecule has 0 bridgehead atoms. The van der Waals surface area contributed by atoms with Crippen LogP contribution in [-0.2, 0) is 12.7 Å². The van der Waals surface area contributed by atoms with Gasteiger partial charge >= 0.3 is 6.18 Å². The van der Waals surface area contributed by atoms with Gasteiger partial charge in [0, 0.05) is 6.04 Å². The third kappa shape index (κ3) is 3.32. The molecule has 108 valence electrons. The van der Waals surface area contributed by atoms with Gasteiger partial charge in [-0.3, -0.25) is 0 Å². The fraction of sp³-hybridized carbons (Fsp3) is 0.417. The number of aromatic nitrogens is 4. The van der Waals surface area contributed by atoms with Gasteiger partial charge in [-0.05, 0) is 34.7 Å². The van der Waals surface area contributed by atoms with Crippen LogP contribution in [0, 0.1) is 0 Å². The van der Waals surface area contributed by atoms with Crippen molar-refractivity contribution in [2.75, 3.05) is 0 Å². The summed E-state index contributed by atoms with van der Waals surface area (Å²) in [6.45, 7) is 4.39. The van der Waals surface area contributed by atoms with Crippen LogP contribution in [0.5, 0.6) is 0 Å². The molecule has 0 radical (unpaired) electrons. The first kappa shape index (κ1) is 14.4. The zero-order chi connectivity index (χ0) is 14.8. The number of alkyl halides is 3. The van der Waals surface area contributed by atoms with Crippen LogP contribution >= 0.6 is 0 Å². The molecule has 0 saturated heterocycles. The highest BCUT2D eigenvalue weighted by atomic mass is 19.4. The van der Waals surface area contributed by atoms with E-state index < -0.39 is 11.7 Å². The van der Waals surface area contributed by atoms with Crippen LogP contribution < -0.4 is 5.32 Å². The Morgan fingerprint density at radius 3 is 2.40 bits per heavy atom. The predicted octanol–water partition coefficient (Wildman–Crippen LogP) is 2.18. The average Bonchev–Trinajstić information content (AvgIpc) is 2.83. The van der Waals surface area contributed by atoms with E-state index >= 15 is 0 Å². The number of benzene rings is 1. The molecule has 0 aliphatic rings. The van der Waals surface area contributed by atoms with Crippen LogP contribution in [-0.4, -0.2) is 26.2 Å². The molecule has 20 heavy (non-hydrogen) atoms. The molecular formula is C12H14F3N5. The Kier molecular flexibility index (Phi) is 4.03. The van der Waals surface area contributed by atoms with Gasteiger partial charge in [-0.2, -0.15) is 17.9 Å². The van der Waals surface area contributed by atoms with Gasteiger partial charge in [-0.1, -0.05) is 13.8 Å². The first-order valence-corrected chi connectivity index (χ1v) is 6.06. The SMILES string of the molecule is CC(C)NCc1nnnn1-c1ccc(C(F)(F)F)cc1. The summed E-state index contributed by atoms with van der Waals surface area (Å²) in [7, 11) is 0. The Labute approximate surface area is 113 Å². The first-order valence-electron chi connectivity index (χ1n) is 6.06. The molecule has 2 aromatic rings. The Bertz CT molecular complexity index is 559. The van der Waals surface area contributed by atoms with Crippen molar-refractivity contribution in [2.45, 2.75) is 32.6 Å². The van der Waals surface area contributed by atoms with Crippen LogP contribution in [0.4, 0.5) is 13.2 Å². The molecule has 1 N–H and O–H groups in total. The molecule has 0 spiro atoms. The molecule has 8 heteroatoms. The number of nitrogens with zero attached hydrogens (tertiary/aromatic N) is 4. The third-order valence-corrected chi connectivity index (χ3v) is 2.64. The zero-order valence-electron chi connectivity index (χ0n) is 11.0. The smallest absolute Gasteiger partial charge is 0.308 e. The Balaban J connectivity index is 2.22. The topological polar surface area (TPSA) is 55.6 Å². The van der Waals surface area contributed by atoms with E-state index in [2.05, 4.69) is 20.8 Å². The lowest BCUT2D eigenvalue weighted by molar-refractivity contribution is -0.137. The normalized spacial score (nSPS) is 12.1. The lowest BCUT2D eigenvalue weighted by atomic mass is 10.2. The molecule has 0 atom stereocenters. The highest BCUT2D eigenvalue weighted by molar-refractivity contribution is 5.35. The molecule has 1 aromatic heterocycles. The maximum absolute atomic E-state index is 12.5. The maximum atomic E-state index is 12.5. The van der Waals surface area contributed by atoms with Gasteiger partial charge in [0.1, 0.15) is 0 Å². The van der Waals surface area contributed by atoms with Gasteiger partial charge < -0.3 is 5.32 Å². The quantitative estimate of drug-likeness (QED) is 0.935. The van der Waals surface area contributed by atoms with Crippen LogP contribution in [0.1, 0.15) is 25.2 Å². The first-order chi connectivity index (χ1) is 9.38. The lowest BCUT2D eigenvalue weighted by Crippen LogP contribution is -2.24. The molecule has 1 heterocycles. The van der Waals surface area contributed by atoms with Gasteiger partial charge in [0.05, 0.1) is 17.8 Å². The Morgan fingerprint density at radius 2 is 1.85 bits per heavy atom. The average molecular weight is 285 g/mol. The molecule has 0 aliphatic carbocycles. The highest BCUT2D eigenvalue weighted by Crippen LogP contribution is 2.29. The second kappa shape index (κ2) is 5.58. The summed E-state index contributed by atoms with van der Waals surface area (Å²) in [5.74, 6) is 0.540. The van der Waals surface area contributed by atoms with E-state index in [9.17, 15) is 13.2 Å². The van der Waals surface area contributed by atoms with Crippen molar-refractivity contribution in [2.24, 2.45) is 0 Å². The molecular weight excluding hydrogens is 271 g/mol. The number of halogens is 3. The molecule has 1 aromatic carbocycles. The van der Waals surface area contributed by atoms with E-state index in [0.29, 0.717) is 18.1 Å². The highest BCUT2D eigenvalue weighted by Gasteiger charge is 2.30. The number of hydrogen-bond acceptors (Lipinski definition) is 4. The Morgan fingerprint density at radius 1 is 1.20 bits per heavy atom. The summed E-state index contributed by atoms with van der Waals surface area (Å²) in [5.41, 5.74) is -0.209.